The number of aromatic nitrogens is 2. The second kappa shape index (κ2) is 5.67. The van der Waals surface area contributed by atoms with E-state index in [9.17, 15) is 0 Å². The predicted octanol–water partition coefficient (Wildman–Crippen LogP) is 2.49. The lowest BCUT2D eigenvalue weighted by molar-refractivity contribution is 0.325. The summed E-state index contributed by atoms with van der Waals surface area (Å²) in [5.41, 5.74) is 0. The monoisotopic (exact) mass is 299 g/mol. The molecule has 2 unspecified atom stereocenters. The molecule has 0 saturated carbocycles. The summed E-state index contributed by atoms with van der Waals surface area (Å²) < 4.78 is 5.40. The minimum absolute atomic E-state index is 0.510. The lowest BCUT2D eigenvalue weighted by Crippen LogP contribution is -2.41. The maximum absolute atomic E-state index is 5.40. The van der Waals surface area contributed by atoms with E-state index in [-0.39, 0.29) is 0 Å². The summed E-state index contributed by atoms with van der Waals surface area (Å²) in [5, 5.41) is 0. The fourth-order valence-electron chi connectivity index (χ4n) is 1.92. The van der Waals surface area contributed by atoms with Gasteiger partial charge in [-0.2, -0.15) is 4.98 Å². The van der Waals surface area contributed by atoms with Crippen molar-refractivity contribution in [1.82, 2.24) is 9.97 Å². The first-order valence-electron chi connectivity index (χ1n) is 6.05. The normalized spacial score (nSPS) is 24.8. The number of anilines is 1. The molecule has 1 aromatic rings. The fourth-order valence-corrected chi connectivity index (χ4v) is 2.53. The van der Waals surface area contributed by atoms with Gasteiger partial charge in [0.1, 0.15) is 0 Å². The van der Waals surface area contributed by atoms with Crippen LogP contribution in [0.3, 0.4) is 0 Å². The Kier molecular flexibility index (Phi) is 4.20. The van der Waals surface area contributed by atoms with E-state index in [4.69, 9.17) is 4.74 Å². The lowest BCUT2D eigenvalue weighted by Gasteiger charge is -2.34. The number of alkyl halides is 1. The number of ether oxygens (including phenoxy) is 1. The highest BCUT2D eigenvalue weighted by atomic mass is 79.9. The van der Waals surface area contributed by atoms with Crippen molar-refractivity contribution in [3.63, 3.8) is 0 Å². The number of halogens is 1. The molecule has 2 atom stereocenters. The smallest absolute Gasteiger partial charge is 0.228 e. The van der Waals surface area contributed by atoms with Crippen molar-refractivity contribution < 1.29 is 4.74 Å². The first kappa shape index (κ1) is 12.6. The van der Waals surface area contributed by atoms with Crippen molar-refractivity contribution in [2.45, 2.75) is 25.1 Å². The van der Waals surface area contributed by atoms with Gasteiger partial charge in [-0.15, -0.1) is 0 Å². The standard InChI is InChI=1S/C12H18BrN3O/c1-3-17-11-4-6-14-12(15-11)16-7-5-9(2)10(13)8-16/h4,6,9-10H,3,5,7-8H2,1-2H3. The van der Waals surface area contributed by atoms with Gasteiger partial charge in [-0.05, 0) is 19.3 Å². The van der Waals surface area contributed by atoms with Gasteiger partial charge in [-0.25, -0.2) is 4.98 Å². The quantitative estimate of drug-likeness (QED) is 0.804. The molecule has 0 radical (unpaired) electrons. The molecule has 5 heteroatoms. The maximum Gasteiger partial charge on any atom is 0.228 e. The van der Waals surface area contributed by atoms with E-state index >= 15 is 0 Å². The highest BCUT2D eigenvalue weighted by Gasteiger charge is 2.25. The van der Waals surface area contributed by atoms with E-state index in [2.05, 4.69) is 37.7 Å². The first-order valence-corrected chi connectivity index (χ1v) is 6.97. The van der Waals surface area contributed by atoms with Gasteiger partial charge in [0.2, 0.25) is 11.8 Å². The molecule has 4 nitrogen and oxygen atoms in total. The summed E-state index contributed by atoms with van der Waals surface area (Å²) in [5.74, 6) is 2.14. The van der Waals surface area contributed by atoms with Gasteiger partial charge in [0, 0.05) is 30.2 Å². The van der Waals surface area contributed by atoms with Crippen LogP contribution in [-0.4, -0.2) is 34.5 Å². The summed E-state index contributed by atoms with van der Waals surface area (Å²) in [6, 6.07) is 1.80. The third-order valence-electron chi connectivity index (χ3n) is 3.06. The van der Waals surface area contributed by atoms with Gasteiger partial charge >= 0.3 is 0 Å². The summed E-state index contributed by atoms with van der Waals surface area (Å²) in [4.78, 5) is 11.5. The van der Waals surface area contributed by atoms with Gasteiger partial charge in [0.25, 0.3) is 0 Å². The number of hydrogen-bond donors (Lipinski definition) is 0. The Morgan fingerprint density at radius 3 is 3.12 bits per heavy atom. The van der Waals surface area contributed by atoms with Crippen molar-refractivity contribution in [1.29, 1.82) is 0 Å². The second-order valence-corrected chi connectivity index (χ2v) is 5.53. The van der Waals surface area contributed by atoms with Crippen LogP contribution in [-0.2, 0) is 0 Å². The van der Waals surface area contributed by atoms with Crippen molar-refractivity contribution in [3.8, 4) is 5.88 Å². The van der Waals surface area contributed by atoms with Crippen LogP contribution in [0.25, 0.3) is 0 Å². The van der Waals surface area contributed by atoms with Crippen LogP contribution in [0, 0.1) is 5.92 Å². The molecule has 1 fully saturated rings. The van der Waals surface area contributed by atoms with Crippen LogP contribution >= 0.6 is 15.9 Å². The van der Waals surface area contributed by atoms with E-state index in [1.807, 2.05) is 6.92 Å². The van der Waals surface area contributed by atoms with E-state index in [0.29, 0.717) is 23.2 Å². The highest BCUT2D eigenvalue weighted by Crippen LogP contribution is 2.26. The van der Waals surface area contributed by atoms with Crippen LogP contribution in [0.15, 0.2) is 12.3 Å². The predicted molar refractivity (Wildman–Crippen MR) is 71.9 cm³/mol. The second-order valence-electron chi connectivity index (χ2n) is 4.36. The molecule has 2 heterocycles. The van der Waals surface area contributed by atoms with Crippen LogP contribution in [0.2, 0.25) is 0 Å². The molecule has 0 aliphatic carbocycles. The molecule has 2 rings (SSSR count). The topological polar surface area (TPSA) is 38.2 Å². The minimum Gasteiger partial charge on any atom is -0.478 e. The average molecular weight is 300 g/mol. The molecule has 0 amide bonds. The van der Waals surface area contributed by atoms with Crippen LogP contribution in [0.5, 0.6) is 5.88 Å². The molecule has 1 saturated heterocycles. The Bertz CT molecular complexity index is 375. The molecule has 0 aromatic carbocycles. The summed E-state index contributed by atoms with van der Waals surface area (Å²) in [7, 11) is 0. The molecular weight excluding hydrogens is 282 g/mol. The molecule has 94 valence electrons. The minimum atomic E-state index is 0.510. The maximum atomic E-state index is 5.40. The first-order chi connectivity index (χ1) is 8.20. The number of nitrogens with zero attached hydrogens (tertiary/aromatic N) is 3. The number of hydrogen-bond acceptors (Lipinski definition) is 4. The Labute approximate surface area is 111 Å². The van der Waals surface area contributed by atoms with E-state index in [1.165, 1.54) is 0 Å². The van der Waals surface area contributed by atoms with Gasteiger partial charge in [0.05, 0.1) is 6.61 Å². The van der Waals surface area contributed by atoms with E-state index < -0.39 is 0 Å². The van der Waals surface area contributed by atoms with E-state index in [0.717, 1.165) is 25.5 Å². The molecule has 0 spiro atoms. The molecule has 1 aliphatic heterocycles. The van der Waals surface area contributed by atoms with Gasteiger partial charge in [-0.1, -0.05) is 22.9 Å². The highest BCUT2D eigenvalue weighted by molar-refractivity contribution is 9.09. The molecule has 17 heavy (non-hydrogen) atoms. The third-order valence-corrected chi connectivity index (χ3v) is 4.25. The Morgan fingerprint density at radius 2 is 2.41 bits per heavy atom. The molecule has 0 bridgehead atoms. The average Bonchev–Trinajstić information content (AvgIpc) is 2.33. The van der Waals surface area contributed by atoms with Crippen LogP contribution in [0.1, 0.15) is 20.3 Å². The lowest BCUT2D eigenvalue weighted by atomic mass is 9.99. The SMILES string of the molecule is CCOc1ccnc(N2CCC(C)C(Br)C2)n1. The largest absolute Gasteiger partial charge is 0.478 e. The zero-order valence-corrected chi connectivity index (χ0v) is 11.9. The van der Waals surface area contributed by atoms with Crippen molar-refractivity contribution >= 4 is 21.9 Å². The van der Waals surface area contributed by atoms with E-state index in [1.54, 1.807) is 12.3 Å². The molecule has 1 aromatic heterocycles. The summed E-state index contributed by atoms with van der Waals surface area (Å²) in [6.07, 6.45) is 2.92. The fraction of sp³-hybridized carbons (Fsp3) is 0.667. The Hall–Kier alpha value is -0.840. The van der Waals surface area contributed by atoms with Crippen molar-refractivity contribution in [2.75, 3.05) is 24.6 Å². The zero-order valence-electron chi connectivity index (χ0n) is 10.3. The third kappa shape index (κ3) is 3.09. The van der Waals surface area contributed by atoms with Gasteiger partial charge in [0.15, 0.2) is 0 Å². The summed E-state index contributed by atoms with van der Waals surface area (Å²) in [6.45, 7) is 6.83. The zero-order chi connectivity index (χ0) is 12.3. The van der Waals surface area contributed by atoms with Crippen molar-refractivity contribution in [2.24, 2.45) is 5.92 Å². The number of rotatable bonds is 3. The molecule has 1 aliphatic rings. The number of piperidine rings is 1. The summed E-state index contributed by atoms with van der Waals surface area (Å²) >= 11 is 3.71. The Morgan fingerprint density at radius 1 is 1.59 bits per heavy atom. The van der Waals surface area contributed by atoms with Crippen LogP contribution < -0.4 is 9.64 Å². The van der Waals surface area contributed by atoms with Crippen LogP contribution in [0.4, 0.5) is 5.95 Å². The van der Waals surface area contributed by atoms with Gasteiger partial charge < -0.3 is 9.64 Å². The Balaban J connectivity index is 2.09. The molecule has 0 N–H and O–H groups in total. The molecular formula is C12H18BrN3O. The van der Waals surface area contributed by atoms with Crippen molar-refractivity contribution in [3.05, 3.63) is 12.3 Å². The van der Waals surface area contributed by atoms with Gasteiger partial charge in [-0.3, -0.25) is 0 Å².